The van der Waals surface area contributed by atoms with Crippen LogP contribution in [0.3, 0.4) is 0 Å². The second kappa shape index (κ2) is 11.6. The molecule has 0 aliphatic heterocycles. The normalized spacial score (nSPS) is 10.3. The van der Waals surface area contributed by atoms with Crippen LogP contribution in [0.1, 0.15) is 13.8 Å². The van der Waals surface area contributed by atoms with E-state index in [0.29, 0.717) is 6.04 Å². The van der Waals surface area contributed by atoms with Crippen LogP contribution in [-0.4, -0.2) is 6.04 Å². The van der Waals surface area contributed by atoms with Crippen molar-refractivity contribution in [1.82, 2.24) is 0 Å². The highest BCUT2D eigenvalue weighted by molar-refractivity contribution is 5.95. The van der Waals surface area contributed by atoms with Crippen LogP contribution in [0.4, 0.5) is 28.4 Å². The third kappa shape index (κ3) is 6.63. The zero-order chi connectivity index (χ0) is 23.6. The van der Waals surface area contributed by atoms with Gasteiger partial charge in [0.05, 0.1) is 0 Å². The van der Waals surface area contributed by atoms with Crippen molar-refractivity contribution in [3.63, 3.8) is 0 Å². The van der Waals surface area contributed by atoms with E-state index in [9.17, 15) is 0 Å². The molecular weight excluding hydrogens is 414 g/mol. The maximum absolute atomic E-state index is 3.45. The van der Waals surface area contributed by atoms with E-state index in [1.54, 1.807) is 0 Å². The Bertz CT molecular complexity index is 1280. The second-order valence-corrected chi connectivity index (χ2v) is 8.39. The number of benzene rings is 5. The summed E-state index contributed by atoms with van der Waals surface area (Å²) in [4.78, 5) is 0. The topological polar surface area (TPSA) is 36.1 Å². The van der Waals surface area contributed by atoms with Crippen molar-refractivity contribution in [2.24, 2.45) is 0 Å². The molecule has 3 N–H and O–H groups in total. The first-order valence-electron chi connectivity index (χ1n) is 11.7. The molecule has 0 radical (unpaired) electrons. The first-order chi connectivity index (χ1) is 16.7. The van der Waals surface area contributed by atoms with Gasteiger partial charge in [-0.1, -0.05) is 72.8 Å². The van der Waals surface area contributed by atoms with Gasteiger partial charge in [0.25, 0.3) is 0 Å². The summed E-state index contributed by atoms with van der Waals surface area (Å²) in [5.74, 6) is 0. The predicted molar refractivity (Wildman–Crippen MR) is 149 cm³/mol. The minimum Gasteiger partial charge on any atom is -0.383 e. The smallest absolute Gasteiger partial charge is 0.0463 e. The monoisotopic (exact) mass is 445 g/mol. The van der Waals surface area contributed by atoms with Gasteiger partial charge in [-0.3, -0.25) is 0 Å². The molecule has 34 heavy (non-hydrogen) atoms. The molecule has 0 saturated carbocycles. The first-order valence-corrected chi connectivity index (χ1v) is 11.7. The molecule has 170 valence electrons. The second-order valence-electron chi connectivity index (χ2n) is 8.39. The van der Waals surface area contributed by atoms with Gasteiger partial charge >= 0.3 is 0 Å². The van der Waals surface area contributed by atoms with Gasteiger partial charge in [-0.05, 0) is 73.8 Å². The quantitative estimate of drug-likeness (QED) is 0.244. The summed E-state index contributed by atoms with van der Waals surface area (Å²) in [6.07, 6.45) is 0. The van der Waals surface area contributed by atoms with Gasteiger partial charge in [0, 0.05) is 39.9 Å². The van der Waals surface area contributed by atoms with Crippen molar-refractivity contribution in [3.8, 4) is 0 Å². The summed E-state index contributed by atoms with van der Waals surface area (Å²) in [7, 11) is 0. The van der Waals surface area contributed by atoms with Crippen molar-refractivity contribution in [2.75, 3.05) is 16.0 Å². The molecule has 5 aromatic carbocycles. The van der Waals surface area contributed by atoms with E-state index < -0.39 is 0 Å². The molecule has 0 bridgehead atoms. The standard InChI is InChI=1S/C16H13N.C15H18N2/c1-2-9-14(10-3-1)17-16-12-6-8-13-7-4-5-11-15(13)16;1-12(2)16-14-8-10-15(11-9-14)17-13-6-4-3-5-7-13/h1-12,17H;3-12,16-17H,1-2H3. The number of hydrogen-bond donors (Lipinski definition) is 3. The van der Waals surface area contributed by atoms with Gasteiger partial charge in [-0.2, -0.15) is 0 Å². The van der Waals surface area contributed by atoms with Crippen LogP contribution in [0, 0.1) is 0 Å². The van der Waals surface area contributed by atoms with Gasteiger partial charge in [0.1, 0.15) is 0 Å². The molecule has 0 amide bonds. The summed E-state index contributed by atoms with van der Waals surface area (Å²) < 4.78 is 0. The van der Waals surface area contributed by atoms with Crippen LogP contribution >= 0.6 is 0 Å². The van der Waals surface area contributed by atoms with Crippen LogP contribution in [-0.2, 0) is 0 Å². The fraction of sp³-hybridized carbons (Fsp3) is 0.0968. The van der Waals surface area contributed by atoms with Gasteiger partial charge in [-0.15, -0.1) is 0 Å². The number of rotatable bonds is 6. The number of para-hydroxylation sites is 2. The first kappa shape index (κ1) is 22.9. The molecule has 3 heteroatoms. The Kier molecular flexibility index (Phi) is 7.81. The lowest BCUT2D eigenvalue weighted by Gasteiger charge is -2.11. The zero-order valence-electron chi connectivity index (χ0n) is 19.7. The minimum absolute atomic E-state index is 0.461. The van der Waals surface area contributed by atoms with Crippen LogP contribution in [0.5, 0.6) is 0 Å². The number of anilines is 5. The maximum Gasteiger partial charge on any atom is 0.0463 e. The zero-order valence-corrected chi connectivity index (χ0v) is 19.7. The van der Waals surface area contributed by atoms with Crippen molar-refractivity contribution >= 4 is 39.2 Å². The van der Waals surface area contributed by atoms with E-state index in [1.165, 1.54) is 10.8 Å². The summed E-state index contributed by atoms with van der Waals surface area (Å²) >= 11 is 0. The Morgan fingerprint density at radius 1 is 0.441 bits per heavy atom. The Morgan fingerprint density at radius 2 is 0.941 bits per heavy atom. The number of hydrogen-bond acceptors (Lipinski definition) is 3. The molecule has 0 aromatic heterocycles. The van der Waals surface area contributed by atoms with Crippen molar-refractivity contribution < 1.29 is 0 Å². The number of fused-ring (bicyclic) bond motifs is 1. The molecule has 5 aromatic rings. The highest BCUT2D eigenvalue weighted by atomic mass is 14.9. The average Bonchev–Trinajstić information content (AvgIpc) is 2.87. The van der Waals surface area contributed by atoms with Crippen molar-refractivity contribution in [2.45, 2.75) is 19.9 Å². The minimum atomic E-state index is 0.461. The molecule has 0 atom stereocenters. The third-order valence-corrected chi connectivity index (χ3v) is 5.25. The lowest BCUT2D eigenvalue weighted by atomic mass is 10.1. The van der Waals surface area contributed by atoms with Crippen LogP contribution in [0.15, 0.2) is 127 Å². The van der Waals surface area contributed by atoms with Gasteiger partial charge < -0.3 is 16.0 Å². The summed E-state index contributed by atoms with van der Waals surface area (Å²) in [6, 6.07) is 43.9. The fourth-order valence-corrected chi connectivity index (χ4v) is 3.68. The molecule has 0 aliphatic rings. The molecule has 0 unspecified atom stereocenters. The Hall–Kier alpha value is -4.24. The summed E-state index contributed by atoms with van der Waals surface area (Å²) in [5.41, 5.74) is 5.62. The molecule has 0 saturated heterocycles. The van der Waals surface area contributed by atoms with Gasteiger partial charge in [0.2, 0.25) is 0 Å². The van der Waals surface area contributed by atoms with E-state index in [2.05, 4.69) is 121 Å². The summed E-state index contributed by atoms with van der Waals surface area (Å²) in [6.45, 7) is 4.27. The fourth-order valence-electron chi connectivity index (χ4n) is 3.68. The number of nitrogens with one attached hydrogen (secondary N) is 3. The highest BCUT2D eigenvalue weighted by Gasteiger charge is 2.00. The van der Waals surface area contributed by atoms with Crippen LogP contribution in [0.2, 0.25) is 0 Å². The Labute approximate surface area is 202 Å². The molecule has 0 heterocycles. The van der Waals surface area contributed by atoms with E-state index in [1.807, 2.05) is 36.4 Å². The molecule has 0 aliphatic carbocycles. The van der Waals surface area contributed by atoms with E-state index in [-0.39, 0.29) is 0 Å². The molecule has 3 nitrogen and oxygen atoms in total. The van der Waals surface area contributed by atoms with Gasteiger partial charge in [0.15, 0.2) is 0 Å². The predicted octanol–water partition coefficient (Wildman–Crippen LogP) is 8.83. The molecule has 0 spiro atoms. The van der Waals surface area contributed by atoms with Crippen LogP contribution in [0.25, 0.3) is 10.8 Å². The lowest BCUT2D eigenvalue weighted by Crippen LogP contribution is -2.09. The SMILES string of the molecule is CC(C)Nc1ccc(Nc2ccccc2)cc1.c1ccc(Nc2cccc3ccccc23)cc1. The Balaban J connectivity index is 0.000000161. The van der Waals surface area contributed by atoms with Crippen molar-refractivity contribution in [1.29, 1.82) is 0 Å². The third-order valence-electron chi connectivity index (χ3n) is 5.25. The summed E-state index contributed by atoms with van der Waals surface area (Å²) in [5, 5.41) is 12.7. The van der Waals surface area contributed by atoms with Crippen LogP contribution < -0.4 is 16.0 Å². The van der Waals surface area contributed by atoms with E-state index in [4.69, 9.17) is 0 Å². The Morgan fingerprint density at radius 3 is 1.59 bits per heavy atom. The highest BCUT2D eigenvalue weighted by Crippen LogP contribution is 2.26. The van der Waals surface area contributed by atoms with E-state index >= 15 is 0 Å². The largest absolute Gasteiger partial charge is 0.383 e. The molecular formula is C31H31N3. The average molecular weight is 446 g/mol. The van der Waals surface area contributed by atoms with E-state index in [0.717, 1.165) is 28.4 Å². The molecule has 0 fully saturated rings. The van der Waals surface area contributed by atoms with Crippen molar-refractivity contribution in [3.05, 3.63) is 127 Å². The lowest BCUT2D eigenvalue weighted by molar-refractivity contribution is 0.900. The van der Waals surface area contributed by atoms with Gasteiger partial charge in [-0.25, -0.2) is 0 Å². The maximum atomic E-state index is 3.45. The molecule has 5 rings (SSSR count).